The fourth-order valence-electron chi connectivity index (χ4n) is 2.71. The molecule has 0 fully saturated rings. The predicted octanol–water partition coefficient (Wildman–Crippen LogP) is 2.20. The van der Waals surface area contributed by atoms with Crippen molar-refractivity contribution in [1.29, 1.82) is 0 Å². The second-order valence-electron chi connectivity index (χ2n) is 5.71. The Morgan fingerprint density at radius 3 is 2.73 bits per heavy atom. The normalized spacial score (nSPS) is 11.8. The maximum absolute atomic E-state index is 12.6. The molecule has 1 amide bonds. The molecule has 0 aliphatic rings. The average molecular weight is 353 g/mol. The molecule has 1 aromatic carbocycles. The van der Waals surface area contributed by atoms with E-state index >= 15 is 0 Å². The second kappa shape index (κ2) is 7.26. The number of carbonyl (C=O) groups is 1. The van der Waals surface area contributed by atoms with Crippen LogP contribution in [0.1, 0.15) is 28.9 Å². The Kier molecular flexibility index (Phi) is 4.88. The van der Waals surface area contributed by atoms with E-state index < -0.39 is 17.5 Å². The first-order chi connectivity index (χ1) is 12.5. The number of methoxy groups -OCH3 is 2. The van der Waals surface area contributed by atoms with E-state index in [1.54, 1.807) is 63.7 Å². The number of nitrogens with one attached hydrogen (secondary N) is 1. The summed E-state index contributed by atoms with van der Waals surface area (Å²) in [5, 5.41) is 2.82. The van der Waals surface area contributed by atoms with Crippen LogP contribution in [0.15, 0.2) is 53.6 Å². The van der Waals surface area contributed by atoms with E-state index in [2.05, 4.69) is 10.3 Å². The summed E-state index contributed by atoms with van der Waals surface area (Å²) in [4.78, 5) is 29.3. The molecule has 2 aromatic heterocycles. The highest BCUT2D eigenvalue weighted by Gasteiger charge is 2.19. The molecule has 7 heteroatoms. The van der Waals surface area contributed by atoms with Crippen molar-refractivity contribution in [3.63, 3.8) is 0 Å². The molecule has 3 rings (SSSR count). The summed E-state index contributed by atoms with van der Waals surface area (Å²) in [6.45, 7) is 1.81. The Hall–Kier alpha value is -3.35. The lowest BCUT2D eigenvalue weighted by Crippen LogP contribution is -2.33. The molecule has 2 heterocycles. The summed E-state index contributed by atoms with van der Waals surface area (Å²) in [5.74, 6) is 0.763. The van der Waals surface area contributed by atoms with Crippen molar-refractivity contribution in [2.45, 2.75) is 13.0 Å². The lowest BCUT2D eigenvalue weighted by Gasteiger charge is -2.18. The van der Waals surface area contributed by atoms with Crippen molar-refractivity contribution in [3.8, 4) is 11.5 Å². The van der Waals surface area contributed by atoms with Crippen molar-refractivity contribution in [1.82, 2.24) is 14.7 Å². The van der Waals surface area contributed by atoms with Gasteiger partial charge in [0.15, 0.2) is 0 Å². The van der Waals surface area contributed by atoms with Crippen LogP contribution in [0.5, 0.6) is 11.5 Å². The topological polar surface area (TPSA) is 81.9 Å². The highest BCUT2D eigenvalue weighted by molar-refractivity contribution is 5.94. The van der Waals surface area contributed by atoms with E-state index in [9.17, 15) is 9.59 Å². The summed E-state index contributed by atoms with van der Waals surface area (Å²) >= 11 is 0. The molecule has 0 saturated heterocycles. The van der Waals surface area contributed by atoms with Gasteiger partial charge in [-0.1, -0.05) is 6.07 Å². The van der Waals surface area contributed by atoms with Crippen LogP contribution in [0.4, 0.5) is 0 Å². The van der Waals surface area contributed by atoms with Crippen LogP contribution in [0.3, 0.4) is 0 Å². The first-order valence-electron chi connectivity index (χ1n) is 8.04. The maximum Gasteiger partial charge on any atom is 0.270 e. The summed E-state index contributed by atoms with van der Waals surface area (Å²) in [7, 11) is 3.12. The van der Waals surface area contributed by atoms with Crippen molar-refractivity contribution in [2.75, 3.05) is 14.2 Å². The number of amides is 1. The van der Waals surface area contributed by atoms with Gasteiger partial charge in [0.25, 0.3) is 11.5 Å². The van der Waals surface area contributed by atoms with Crippen LogP contribution < -0.4 is 20.3 Å². The van der Waals surface area contributed by atoms with Crippen molar-refractivity contribution < 1.29 is 14.3 Å². The largest absolute Gasteiger partial charge is 0.497 e. The van der Waals surface area contributed by atoms with Gasteiger partial charge < -0.3 is 14.8 Å². The molecule has 0 aliphatic carbocycles. The van der Waals surface area contributed by atoms with E-state index in [0.717, 1.165) is 5.56 Å². The molecule has 26 heavy (non-hydrogen) atoms. The minimum Gasteiger partial charge on any atom is -0.497 e. The number of pyridine rings is 1. The summed E-state index contributed by atoms with van der Waals surface area (Å²) in [6, 6.07) is 10.1. The van der Waals surface area contributed by atoms with Gasteiger partial charge in [-0.3, -0.25) is 14.0 Å². The molecule has 0 bridgehead atoms. The van der Waals surface area contributed by atoms with Gasteiger partial charge in [0, 0.05) is 18.0 Å². The first-order valence-corrected chi connectivity index (χ1v) is 8.04. The second-order valence-corrected chi connectivity index (χ2v) is 5.71. The average Bonchev–Trinajstić information content (AvgIpc) is 2.67. The van der Waals surface area contributed by atoms with E-state index in [1.165, 1.54) is 10.6 Å². The Labute approximate surface area is 150 Å². The zero-order valence-electron chi connectivity index (χ0n) is 14.7. The van der Waals surface area contributed by atoms with Gasteiger partial charge in [0.05, 0.1) is 20.3 Å². The molecule has 0 spiro atoms. The monoisotopic (exact) mass is 353 g/mol. The highest BCUT2D eigenvalue weighted by Crippen LogP contribution is 2.29. The summed E-state index contributed by atoms with van der Waals surface area (Å²) in [5.41, 5.74) is 0.783. The van der Waals surface area contributed by atoms with Crippen LogP contribution in [0.25, 0.3) is 5.65 Å². The van der Waals surface area contributed by atoms with Crippen molar-refractivity contribution in [2.24, 2.45) is 0 Å². The van der Waals surface area contributed by atoms with Gasteiger partial charge in [-0.25, -0.2) is 4.98 Å². The molecular formula is C19H19N3O4. The van der Waals surface area contributed by atoms with Crippen LogP contribution in [-0.2, 0) is 0 Å². The van der Waals surface area contributed by atoms with E-state index in [-0.39, 0.29) is 5.56 Å². The third-order valence-corrected chi connectivity index (χ3v) is 4.11. The Balaban J connectivity index is 1.91. The van der Waals surface area contributed by atoms with E-state index in [1.807, 2.05) is 0 Å². The SMILES string of the molecule is COc1ccc(OC)c(C(C)NC(=O)c2cnc3ccccn3c2=O)c1. The molecule has 1 N–H and O–H groups in total. The van der Waals surface area contributed by atoms with Crippen molar-refractivity contribution >= 4 is 11.6 Å². The first kappa shape index (κ1) is 17.5. The van der Waals surface area contributed by atoms with Crippen LogP contribution in [-0.4, -0.2) is 29.5 Å². The summed E-state index contributed by atoms with van der Waals surface area (Å²) in [6.07, 6.45) is 2.87. The van der Waals surface area contributed by atoms with Gasteiger partial charge in [-0.15, -0.1) is 0 Å². The van der Waals surface area contributed by atoms with Gasteiger partial charge in [-0.2, -0.15) is 0 Å². The standard InChI is InChI=1S/C19H19N3O4/c1-12(14-10-13(25-2)7-8-16(14)26-3)21-18(23)15-11-20-17-6-4-5-9-22(17)19(15)24/h4-12H,1-3H3,(H,21,23). The minimum atomic E-state index is -0.502. The van der Waals surface area contributed by atoms with Crippen LogP contribution in [0, 0.1) is 0 Å². The maximum atomic E-state index is 12.6. The molecule has 0 aliphatic heterocycles. The number of hydrogen-bond acceptors (Lipinski definition) is 5. The summed E-state index contributed by atoms with van der Waals surface area (Å²) < 4.78 is 11.9. The predicted molar refractivity (Wildman–Crippen MR) is 96.9 cm³/mol. The molecular weight excluding hydrogens is 334 g/mol. The Morgan fingerprint density at radius 2 is 2.00 bits per heavy atom. The number of ether oxygens (including phenoxy) is 2. The minimum absolute atomic E-state index is 0.0255. The fraction of sp³-hybridized carbons (Fsp3) is 0.211. The smallest absolute Gasteiger partial charge is 0.270 e. The number of rotatable bonds is 5. The van der Waals surface area contributed by atoms with Gasteiger partial charge in [-0.05, 0) is 37.3 Å². The number of nitrogens with zero attached hydrogens (tertiary/aromatic N) is 2. The molecule has 1 unspecified atom stereocenters. The van der Waals surface area contributed by atoms with E-state index in [4.69, 9.17) is 9.47 Å². The highest BCUT2D eigenvalue weighted by atomic mass is 16.5. The zero-order valence-corrected chi connectivity index (χ0v) is 14.7. The quantitative estimate of drug-likeness (QED) is 0.760. The van der Waals surface area contributed by atoms with Gasteiger partial charge in [0.2, 0.25) is 0 Å². The third-order valence-electron chi connectivity index (χ3n) is 4.11. The number of aromatic nitrogens is 2. The third kappa shape index (κ3) is 3.23. The van der Waals surface area contributed by atoms with Crippen LogP contribution in [0.2, 0.25) is 0 Å². The van der Waals surface area contributed by atoms with E-state index in [0.29, 0.717) is 17.1 Å². The molecule has 0 radical (unpaired) electrons. The zero-order chi connectivity index (χ0) is 18.7. The fourth-order valence-corrected chi connectivity index (χ4v) is 2.71. The molecule has 7 nitrogen and oxygen atoms in total. The van der Waals surface area contributed by atoms with Crippen molar-refractivity contribution in [3.05, 3.63) is 70.3 Å². The Morgan fingerprint density at radius 1 is 1.19 bits per heavy atom. The number of carbonyl (C=O) groups excluding carboxylic acids is 1. The molecule has 1 atom stereocenters. The Bertz CT molecular complexity index is 1010. The molecule has 134 valence electrons. The molecule has 3 aromatic rings. The lowest BCUT2D eigenvalue weighted by molar-refractivity contribution is 0.0937. The lowest BCUT2D eigenvalue weighted by atomic mass is 10.1. The molecule has 0 saturated carbocycles. The van der Waals surface area contributed by atoms with Gasteiger partial charge in [0.1, 0.15) is 22.7 Å². The van der Waals surface area contributed by atoms with Crippen LogP contribution >= 0.6 is 0 Å². The van der Waals surface area contributed by atoms with Gasteiger partial charge >= 0.3 is 0 Å². The number of benzene rings is 1. The number of hydrogen-bond donors (Lipinski definition) is 1. The number of fused-ring (bicyclic) bond motifs is 1.